The van der Waals surface area contributed by atoms with Crippen molar-refractivity contribution < 1.29 is 14.3 Å². The molecule has 0 aliphatic rings. The molecule has 0 saturated heterocycles. The van der Waals surface area contributed by atoms with E-state index >= 15 is 0 Å². The van der Waals surface area contributed by atoms with E-state index in [1.807, 2.05) is 103 Å². The molecule has 0 bridgehead atoms. The van der Waals surface area contributed by atoms with Crippen LogP contribution in [0.5, 0.6) is 5.75 Å². The summed E-state index contributed by atoms with van der Waals surface area (Å²) in [5.74, 6) is 0.426. The van der Waals surface area contributed by atoms with Gasteiger partial charge in [-0.2, -0.15) is 0 Å². The largest absolute Gasteiger partial charge is 0.497 e. The number of benzene rings is 3. The lowest BCUT2D eigenvalue weighted by molar-refractivity contribution is -0.141. The van der Waals surface area contributed by atoms with Crippen LogP contribution in [0, 0.1) is 6.92 Å². The summed E-state index contributed by atoms with van der Waals surface area (Å²) in [6.07, 6.45) is 0.238. The maximum atomic E-state index is 13.7. The van der Waals surface area contributed by atoms with Crippen molar-refractivity contribution in [1.82, 2.24) is 10.2 Å². The molecule has 1 aromatic heterocycles. The van der Waals surface area contributed by atoms with E-state index in [0.717, 1.165) is 32.9 Å². The molecule has 4 rings (SSSR count). The predicted molar refractivity (Wildman–Crippen MR) is 144 cm³/mol. The first-order chi connectivity index (χ1) is 17.5. The zero-order valence-electron chi connectivity index (χ0n) is 20.5. The summed E-state index contributed by atoms with van der Waals surface area (Å²) >= 11 is 1.54. The zero-order valence-corrected chi connectivity index (χ0v) is 21.3. The number of rotatable bonds is 10. The Morgan fingerprint density at radius 1 is 0.889 bits per heavy atom. The number of thiophene rings is 1. The van der Waals surface area contributed by atoms with Crippen molar-refractivity contribution in [3.05, 3.63) is 124 Å². The summed E-state index contributed by atoms with van der Waals surface area (Å²) in [5, 5.41) is 5.02. The molecule has 0 unspecified atom stereocenters. The van der Waals surface area contributed by atoms with Crippen LogP contribution in [0.2, 0.25) is 0 Å². The molecule has 0 fully saturated rings. The van der Waals surface area contributed by atoms with Crippen molar-refractivity contribution in [2.24, 2.45) is 0 Å². The van der Waals surface area contributed by atoms with Crippen LogP contribution in [0.1, 0.15) is 33.2 Å². The maximum absolute atomic E-state index is 13.7. The first kappa shape index (κ1) is 25.2. The Morgan fingerprint density at radius 3 is 2.25 bits per heavy atom. The molecule has 3 aromatic carbocycles. The summed E-state index contributed by atoms with van der Waals surface area (Å²) in [5.41, 5.74) is 3.79. The molecule has 5 nitrogen and oxygen atoms in total. The Kier molecular flexibility index (Phi) is 8.53. The highest BCUT2D eigenvalue weighted by atomic mass is 32.1. The SMILES string of the molecule is COc1ccc(CN(C(=O)Cc2cccs2)[C@@H](C(=O)NCc2ccccc2)c2ccc(C)cc2)cc1. The Hall–Kier alpha value is -3.90. The zero-order chi connectivity index (χ0) is 25.3. The number of nitrogens with one attached hydrogen (secondary N) is 1. The number of aryl methyl sites for hydroxylation is 1. The van der Waals surface area contributed by atoms with Crippen molar-refractivity contribution >= 4 is 23.2 Å². The van der Waals surface area contributed by atoms with Crippen LogP contribution in [0.15, 0.2) is 96.4 Å². The first-order valence-electron chi connectivity index (χ1n) is 11.9. The Morgan fingerprint density at radius 2 is 1.61 bits per heavy atom. The van der Waals surface area contributed by atoms with Gasteiger partial charge in [-0.25, -0.2) is 0 Å². The fourth-order valence-electron chi connectivity index (χ4n) is 4.02. The molecular formula is C30H30N2O3S. The lowest BCUT2D eigenvalue weighted by Crippen LogP contribution is -2.43. The smallest absolute Gasteiger partial charge is 0.247 e. The molecule has 1 atom stereocenters. The molecule has 2 amide bonds. The van der Waals surface area contributed by atoms with Gasteiger partial charge in [-0.3, -0.25) is 9.59 Å². The molecule has 4 aromatic rings. The molecule has 0 aliphatic heterocycles. The quantitative estimate of drug-likeness (QED) is 0.305. The normalized spacial score (nSPS) is 11.5. The molecule has 1 heterocycles. The van der Waals surface area contributed by atoms with E-state index in [-0.39, 0.29) is 18.2 Å². The van der Waals surface area contributed by atoms with Crippen LogP contribution in [0.4, 0.5) is 0 Å². The second kappa shape index (κ2) is 12.2. The number of nitrogens with zero attached hydrogens (tertiary/aromatic N) is 1. The van der Waals surface area contributed by atoms with Crippen LogP contribution in [0.25, 0.3) is 0 Å². The van der Waals surface area contributed by atoms with Gasteiger partial charge in [-0.15, -0.1) is 11.3 Å². The molecular weight excluding hydrogens is 468 g/mol. The van der Waals surface area contributed by atoms with Crippen LogP contribution >= 0.6 is 11.3 Å². The number of hydrogen-bond donors (Lipinski definition) is 1. The van der Waals surface area contributed by atoms with Crippen molar-refractivity contribution in [3.63, 3.8) is 0 Å². The highest BCUT2D eigenvalue weighted by molar-refractivity contribution is 7.10. The molecule has 0 saturated carbocycles. The third kappa shape index (κ3) is 6.61. The second-order valence-electron chi connectivity index (χ2n) is 8.64. The minimum atomic E-state index is -0.774. The van der Waals surface area contributed by atoms with Gasteiger partial charge >= 0.3 is 0 Å². The summed E-state index contributed by atoms with van der Waals surface area (Å²) in [6, 6.07) is 28.3. The molecule has 6 heteroatoms. The summed E-state index contributed by atoms with van der Waals surface area (Å²) < 4.78 is 5.29. The highest BCUT2D eigenvalue weighted by Crippen LogP contribution is 2.27. The highest BCUT2D eigenvalue weighted by Gasteiger charge is 2.31. The number of carbonyl (C=O) groups excluding carboxylic acids is 2. The van der Waals surface area contributed by atoms with Crippen molar-refractivity contribution in [3.8, 4) is 5.75 Å². The van der Waals surface area contributed by atoms with Gasteiger partial charge in [0.25, 0.3) is 0 Å². The van der Waals surface area contributed by atoms with E-state index in [4.69, 9.17) is 4.74 Å². The van der Waals surface area contributed by atoms with E-state index in [2.05, 4.69) is 5.32 Å². The maximum Gasteiger partial charge on any atom is 0.247 e. The Bertz CT molecular complexity index is 1250. The molecule has 184 valence electrons. The predicted octanol–water partition coefficient (Wildman–Crippen LogP) is 5.69. The molecule has 0 aliphatic carbocycles. The molecule has 0 radical (unpaired) electrons. The first-order valence-corrected chi connectivity index (χ1v) is 12.7. The van der Waals surface area contributed by atoms with Crippen LogP contribution in [-0.4, -0.2) is 23.8 Å². The van der Waals surface area contributed by atoms with Crippen molar-refractivity contribution in [2.45, 2.75) is 32.5 Å². The summed E-state index contributed by atoms with van der Waals surface area (Å²) in [7, 11) is 1.62. The van der Waals surface area contributed by atoms with Crippen molar-refractivity contribution in [2.75, 3.05) is 7.11 Å². The second-order valence-corrected chi connectivity index (χ2v) is 9.67. The van der Waals surface area contributed by atoms with E-state index in [9.17, 15) is 9.59 Å². The van der Waals surface area contributed by atoms with Crippen LogP contribution in [0.3, 0.4) is 0 Å². The van der Waals surface area contributed by atoms with Crippen LogP contribution in [-0.2, 0) is 29.1 Å². The number of ether oxygens (including phenoxy) is 1. The van der Waals surface area contributed by atoms with Gasteiger partial charge in [0.05, 0.1) is 13.5 Å². The summed E-state index contributed by atoms with van der Waals surface area (Å²) in [6.45, 7) is 2.69. The molecule has 1 N–H and O–H groups in total. The van der Waals surface area contributed by atoms with Gasteiger partial charge in [-0.05, 0) is 47.2 Å². The van der Waals surface area contributed by atoms with Gasteiger partial charge in [0.1, 0.15) is 11.8 Å². The fraction of sp³-hybridized carbons (Fsp3) is 0.200. The average molecular weight is 499 g/mol. The number of amides is 2. The van der Waals surface area contributed by atoms with Gasteiger partial charge < -0.3 is 15.0 Å². The number of methoxy groups -OCH3 is 1. The third-order valence-corrected chi connectivity index (χ3v) is 6.88. The Balaban J connectivity index is 1.67. The van der Waals surface area contributed by atoms with Gasteiger partial charge in [0.15, 0.2) is 0 Å². The van der Waals surface area contributed by atoms with Gasteiger partial charge in [-0.1, -0.05) is 78.4 Å². The minimum Gasteiger partial charge on any atom is -0.497 e. The van der Waals surface area contributed by atoms with E-state index in [1.165, 1.54) is 0 Å². The Labute approximate surface area is 216 Å². The standard InChI is InChI=1S/C30H30N2O3S/c1-22-10-14-25(15-11-22)29(30(34)31-20-23-7-4-3-5-8-23)32(28(33)19-27-9-6-18-36-27)21-24-12-16-26(35-2)17-13-24/h3-18,29H,19-21H2,1-2H3,(H,31,34)/t29-/m1/s1. The van der Waals surface area contributed by atoms with E-state index in [0.29, 0.717) is 13.1 Å². The minimum absolute atomic E-state index is 0.103. The molecule has 36 heavy (non-hydrogen) atoms. The van der Waals surface area contributed by atoms with E-state index in [1.54, 1.807) is 23.3 Å². The third-order valence-electron chi connectivity index (χ3n) is 6.00. The van der Waals surface area contributed by atoms with Gasteiger partial charge in [0.2, 0.25) is 11.8 Å². The lowest BCUT2D eigenvalue weighted by atomic mass is 10.0. The number of carbonyl (C=O) groups is 2. The number of hydrogen-bond acceptors (Lipinski definition) is 4. The van der Waals surface area contributed by atoms with Crippen molar-refractivity contribution in [1.29, 1.82) is 0 Å². The monoisotopic (exact) mass is 498 g/mol. The van der Waals surface area contributed by atoms with Crippen LogP contribution < -0.4 is 10.1 Å². The van der Waals surface area contributed by atoms with E-state index < -0.39 is 6.04 Å². The topological polar surface area (TPSA) is 58.6 Å². The fourth-order valence-corrected chi connectivity index (χ4v) is 4.71. The summed E-state index contributed by atoms with van der Waals surface area (Å²) in [4.78, 5) is 30.1. The average Bonchev–Trinajstić information content (AvgIpc) is 3.42. The van der Waals surface area contributed by atoms with Gasteiger partial charge in [0, 0.05) is 18.0 Å². The molecule has 0 spiro atoms. The lowest BCUT2D eigenvalue weighted by Gasteiger charge is -2.32.